The molecule has 0 radical (unpaired) electrons. The highest BCUT2D eigenvalue weighted by Crippen LogP contribution is 2.52. The molecule has 0 heterocycles. The van der Waals surface area contributed by atoms with Gasteiger partial charge in [-0.05, 0) is 6.92 Å². The lowest BCUT2D eigenvalue weighted by Gasteiger charge is -2.45. The van der Waals surface area contributed by atoms with Gasteiger partial charge in [-0.25, -0.2) is 9.59 Å². The molecule has 0 saturated carbocycles. The van der Waals surface area contributed by atoms with Crippen molar-refractivity contribution in [2.24, 2.45) is 5.41 Å². The molecule has 1 N–H and O–H groups in total. The van der Waals surface area contributed by atoms with Gasteiger partial charge in [0.25, 0.3) is 0 Å². The predicted molar refractivity (Wildman–Crippen MR) is 61.7 cm³/mol. The van der Waals surface area contributed by atoms with Gasteiger partial charge in [-0.2, -0.15) is 22.0 Å². The zero-order valence-corrected chi connectivity index (χ0v) is 11.7. The molecule has 1 atom stereocenters. The number of carboxylic acids is 1. The maximum Gasteiger partial charge on any atom is 0.457 e. The monoisotopic (exact) mass is 318 g/mol. The minimum Gasteiger partial charge on any atom is -0.478 e. The van der Waals surface area contributed by atoms with Crippen LogP contribution in [-0.2, 0) is 14.3 Å². The van der Waals surface area contributed by atoms with E-state index in [-0.39, 0.29) is 12.2 Å². The van der Waals surface area contributed by atoms with Gasteiger partial charge in [0, 0.05) is 17.6 Å². The van der Waals surface area contributed by atoms with Crippen LogP contribution in [0.3, 0.4) is 0 Å². The Morgan fingerprint density at radius 3 is 1.67 bits per heavy atom. The third kappa shape index (κ3) is 3.92. The maximum absolute atomic E-state index is 13.7. The molecule has 0 aromatic rings. The zero-order chi connectivity index (χ0) is 17.3. The highest BCUT2D eigenvalue weighted by molar-refractivity contribution is 5.91. The summed E-state index contributed by atoms with van der Waals surface area (Å²) in [6, 6.07) is 0. The minimum absolute atomic E-state index is 0.263. The Balaban J connectivity index is 5.71. The summed E-state index contributed by atoms with van der Waals surface area (Å²) in [5, 5.41) is 8.29. The number of carboxylic acid groups (broad SMARTS) is 1. The fourth-order valence-electron chi connectivity index (χ4n) is 1.33. The van der Waals surface area contributed by atoms with Crippen LogP contribution >= 0.6 is 0 Å². The van der Waals surface area contributed by atoms with Crippen molar-refractivity contribution in [1.82, 2.24) is 0 Å². The van der Waals surface area contributed by atoms with Crippen molar-refractivity contribution in [3.63, 3.8) is 0 Å². The first-order valence-electron chi connectivity index (χ1n) is 5.65. The summed E-state index contributed by atoms with van der Waals surface area (Å²) in [5.41, 5.74) is -5.00. The second-order valence-corrected chi connectivity index (χ2v) is 5.45. The molecule has 0 amide bonds. The van der Waals surface area contributed by atoms with E-state index in [4.69, 9.17) is 5.11 Å². The van der Waals surface area contributed by atoms with Gasteiger partial charge < -0.3 is 9.84 Å². The molecular weight excluding hydrogens is 303 g/mol. The topological polar surface area (TPSA) is 63.6 Å². The molecular formula is C12H15F5O4. The molecule has 0 rings (SSSR count). The van der Waals surface area contributed by atoms with Crippen LogP contribution in [-0.4, -0.2) is 34.7 Å². The largest absolute Gasteiger partial charge is 0.478 e. The van der Waals surface area contributed by atoms with Crippen molar-refractivity contribution in [2.45, 2.75) is 45.4 Å². The van der Waals surface area contributed by atoms with E-state index >= 15 is 0 Å². The molecule has 0 saturated heterocycles. The summed E-state index contributed by atoms with van der Waals surface area (Å²) < 4.78 is 69.4. The second-order valence-electron chi connectivity index (χ2n) is 5.45. The molecule has 4 nitrogen and oxygen atoms in total. The Kier molecular flexibility index (Phi) is 5.16. The molecule has 0 fully saturated rings. The number of alkyl halides is 5. The molecule has 1 unspecified atom stereocenters. The van der Waals surface area contributed by atoms with E-state index in [2.05, 4.69) is 4.74 Å². The summed E-state index contributed by atoms with van der Waals surface area (Å²) in [5.74, 6) is -8.52. The van der Waals surface area contributed by atoms with Crippen LogP contribution < -0.4 is 0 Å². The van der Waals surface area contributed by atoms with Crippen molar-refractivity contribution in [3.05, 3.63) is 12.2 Å². The van der Waals surface area contributed by atoms with Crippen molar-refractivity contribution >= 4 is 11.9 Å². The first-order chi connectivity index (χ1) is 9.06. The maximum atomic E-state index is 13.7. The quantitative estimate of drug-likeness (QED) is 0.491. The fraction of sp³-hybridized carbons (Fsp3) is 0.667. The third-order valence-electron chi connectivity index (χ3n) is 3.05. The van der Waals surface area contributed by atoms with Crippen molar-refractivity contribution in [3.8, 4) is 0 Å². The number of carbonyl (C=O) groups is 2. The van der Waals surface area contributed by atoms with E-state index in [1.165, 1.54) is 0 Å². The number of esters is 1. The molecule has 0 bridgehead atoms. The van der Waals surface area contributed by atoms with Crippen LogP contribution in [0.2, 0.25) is 0 Å². The van der Waals surface area contributed by atoms with E-state index in [0.717, 1.165) is 20.8 Å². The first-order valence-corrected chi connectivity index (χ1v) is 5.65. The molecule has 9 heteroatoms. The van der Waals surface area contributed by atoms with Crippen LogP contribution in [0.15, 0.2) is 12.2 Å². The Morgan fingerprint density at radius 1 is 0.952 bits per heavy atom. The standard InChI is InChI=1S/C12H15F5O4/c1-9(2,3)10(4,11(13,14)12(15,16)17)21-8(20)6-5-7(18)19/h5-6H,1-4H3,(H,18,19)/b6-5+. The molecule has 0 spiro atoms. The number of hydrogen-bond donors (Lipinski definition) is 1. The summed E-state index contributed by atoms with van der Waals surface area (Å²) in [4.78, 5) is 21.5. The van der Waals surface area contributed by atoms with Crippen LogP contribution in [0.25, 0.3) is 0 Å². The predicted octanol–water partition coefficient (Wildman–Crippen LogP) is 3.17. The van der Waals surface area contributed by atoms with Gasteiger partial charge in [0.15, 0.2) is 5.60 Å². The highest BCUT2D eigenvalue weighted by atomic mass is 19.4. The Labute approximate surface area is 117 Å². The van der Waals surface area contributed by atoms with Crippen molar-refractivity contribution < 1.29 is 41.4 Å². The molecule has 0 aliphatic carbocycles. The van der Waals surface area contributed by atoms with E-state index < -0.39 is 35.1 Å². The van der Waals surface area contributed by atoms with Gasteiger partial charge in [-0.3, -0.25) is 0 Å². The van der Waals surface area contributed by atoms with Crippen LogP contribution in [0, 0.1) is 5.41 Å². The fourth-order valence-corrected chi connectivity index (χ4v) is 1.33. The van der Waals surface area contributed by atoms with Gasteiger partial charge in [0.2, 0.25) is 0 Å². The normalized spacial score (nSPS) is 16.6. The van der Waals surface area contributed by atoms with Gasteiger partial charge >= 0.3 is 24.0 Å². The van der Waals surface area contributed by atoms with E-state index in [1.54, 1.807) is 0 Å². The molecule has 0 aliphatic rings. The van der Waals surface area contributed by atoms with Gasteiger partial charge in [-0.1, -0.05) is 20.8 Å². The number of hydrogen-bond acceptors (Lipinski definition) is 3. The molecule has 21 heavy (non-hydrogen) atoms. The summed E-state index contributed by atoms with van der Waals surface area (Å²) in [6.07, 6.45) is -5.40. The number of rotatable bonds is 4. The van der Waals surface area contributed by atoms with Crippen molar-refractivity contribution in [2.75, 3.05) is 0 Å². The summed E-state index contributed by atoms with van der Waals surface area (Å²) in [6.45, 7) is 3.58. The SMILES string of the molecule is CC(C)(C)C(C)(OC(=O)/C=C/C(=O)O)C(F)(F)C(F)(F)F. The van der Waals surface area contributed by atoms with Crippen LogP contribution in [0.4, 0.5) is 22.0 Å². The molecule has 0 aromatic carbocycles. The summed E-state index contributed by atoms with van der Waals surface area (Å²) in [7, 11) is 0. The van der Waals surface area contributed by atoms with Crippen LogP contribution in [0.5, 0.6) is 0 Å². The van der Waals surface area contributed by atoms with Crippen molar-refractivity contribution in [1.29, 1.82) is 0 Å². The Morgan fingerprint density at radius 2 is 1.38 bits per heavy atom. The molecule has 0 aliphatic heterocycles. The van der Waals surface area contributed by atoms with Gasteiger partial charge in [0.1, 0.15) is 0 Å². The molecule has 0 aromatic heterocycles. The lowest BCUT2D eigenvalue weighted by atomic mass is 9.73. The highest BCUT2D eigenvalue weighted by Gasteiger charge is 2.73. The number of aliphatic carboxylic acids is 1. The van der Waals surface area contributed by atoms with Crippen LogP contribution in [0.1, 0.15) is 27.7 Å². The van der Waals surface area contributed by atoms with E-state index in [1.807, 2.05) is 0 Å². The first kappa shape index (κ1) is 19.3. The lowest BCUT2D eigenvalue weighted by molar-refractivity contribution is -0.356. The Bertz CT molecular complexity index is 448. The zero-order valence-electron chi connectivity index (χ0n) is 11.7. The summed E-state index contributed by atoms with van der Waals surface area (Å²) >= 11 is 0. The Hall–Kier alpha value is -1.67. The smallest absolute Gasteiger partial charge is 0.457 e. The van der Waals surface area contributed by atoms with Gasteiger partial charge in [-0.15, -0.1) is 0 Å². The average Bonchev–Trinajstić information content (AvgIpc) is 2.22. The third-order valence-corrected chi connectivity index (χ3v) is 3.05. The minimum atomic E-state index is -5.94. The number of ether oxygens (including phenoxy) is 1. The number of carbonyl (C=O) groups excluding carboxylic acids is 1. The average molecular weight is 318 g/mol. The molecule has 122 valence electrons. The number of halogens is 5. The lowest BCUT2D eigenvalue weighted by Crippen LogP contribution is -2.63. The van der Waals surface area contributed by atoms with E-state index in [0.29, 0.717) is 6.92 Å². The van der Waals surface area contributed by atoms with E-state index in [9.17, 15) is 31.5 Å². The second kappa shape index (κ2) is 5.61. The van der Waals surface area contributed by atoms with Gasteiger partial charge in [0.05, 0.1) is 0 Å².